The molecule has 0 heterocycles. The highest BCUT2D eigenvalue weighted by molar-refractivity contribution is 5.31. The summed E-state index contributed by atoms with van der Waals surface area (Å²) in [6.45, 7) is 2.35. The summed E-state index contributed by atoms with van der Waals surface area (Å²) in [5.74, 6) is 0.817. The molecule has 1 aromatic carbocycles. The minimum Gasteiger partial charge on any atom is -0.491 e. The zero-order valence-electron chi connectivity index (χ0n) is 6.50. The summed E-state index contributed by atoms with van der Waals surface area (Å²) < 4.78 is 5.22. The maximum Gasteiger partial charge on any atom is 0.122 e. The summed E-state index contributed by atoms with van der Waals surface area (Å²) in [7, 11) is 0. The smallest absolute Gasteiger partial charge is 0.122 e. The number of aryl methyl sites for hydroxylation is 1. The molecule has 0 aliphatic carbocycles. The highest BCUT2D eigenvalue weighted by Crippen LogP contribution is 2.15. The van der Waals surface area contributed by atoms with Crippen LogP contribution in [-0.2, 0) is 0 Å². The van der Waals surface area contributed by atoms with E-state index in [1.807, 2.05) is 19.1 Å². The fourth-order valence-electron chi connectivity index (χ4n) is 0.817. The van der Waals surface area contributed by atoms with Crippen molar-refractivity contribution in [2.75, 3.05) is 13.2 Å². The predicted octanol–water partition coefficient (Wildman–Crippen LogP) is 1.17. The number of aliphatic hydroxyl groups excluding tert-OH is 1. The van der Waals surface area contributed by atoms with Gasteiger partial charge in [0.1, 0.15) is 12.4 Å². The number of hydrogen-bond donors (Lipinski definition) is 1. The largest absolute Gasteiger partial charge is 0.491 e. The van der Waals surface area contributed by atoms with Gasteiger partial charge in [0, 0.05) is 0 Å². The number of benzene rings is 1. The molecule has 0 saturated heterocycles. The maximum absolute atomic E-state index is 8.49. The molecule has 11 heavy (non-hydrogen) atoms. The molecular formula is C9H11O2. The molecular weight excluding hydrogens is 140 g/mol. The molecule has 0 unspecified atom stereocenters. The Balaban J connectivity index is 2.62. The van der Waals surface area contributed by atoms with Crippen molar-refractivity contribution in [2.45, 2.75) is 6.92 Å². The van der Waals surface area contributed by atoms with Gasteiger partial charge in [-0.05, 0) is 30.7 Å². The van der Waals surface area contributed by atoms with Gasteiger partial charge in [0.2, 0.25) is 0 Å². The molecule has 0 spiro atoms. The molecule has 1 aromatic rings. The minimum absolute atomic E-state index is 0.0536. The second-order valence-electron chi connectivity index (χ2n) is 2.26. The lowest BCUT2D eigenvalue weighted by atomic mass is 10.2. The second-order valence-corrected chi connectivity index (χ2v) is 2.26. The molecule has 1 rings (SSSR count). The molecule has 0 saturated carbocycles. The van der Waals surface area contributed by atoms with E-state index in [2.05, 4.69) is 6.07 Å². The van der Waals surface area contributed by atoms with Crippen molar-refractivity contribution in [2.24, 2.45) is 0 Å². The molecule has 0 bridgehead atoms. The number of aliphatic hydroxyl groups is 1. The molecule has 2 nitrogen and oxygen atoms in total. The Hall–Kier alpha value is -1.02. The van der Waals surface area contributed by atoms with Crippen molar-refractivity contribution in [1.29, 1.82) is 0 Å². The summed E-state index contributed by atoms with van der Waals surface area (Å²) >= 11 is 0. The van der Waals surface area contributed by atoms with E-state index in [1.165, 1.54) is 0 Å². The summed E-state index contributed by atoms with van der Waals surface area (Å²) in [5.41, 5.74) is 1.04. The maximum atomic E-state index is 8.49. The van der Waals surface area contributed by atoms with E-state index in [1.54, 1.807) is 6.07 Å². The van der Waals surface area contributed by atoms with Gasteiger partial charge in [0.25, 0.3) is 0 Å². The van der Waals surface area contributed by atoms with Gasteiger partial charge in [-0.3, -0.25) is 0 Å². The van der Waals surface area contributed by atoms with Crippen LogP contribution in [0.5, 0.6) is 5.75 Å². The normalized spacial score (nSPS) is 9.64. The van der Waals surface area contributed by atoms with Crippen LogP contribution in [-0.4, -0.2) is 18.3 Å². The molecule has 0 fully saturated rings. The fourth-order valence-corrected chi connectivity index (χ4v) is 0.817. The lowest BCUT2D eigenvalue weighted by molar-refractivity contribution is 0.200. The quantitative estimate of drug-likeness (QED) is 0.702. The monoisotopic (exact) mass is 151 g/mol. The van der Waals surface area contributed by atoms with Crippen molar-refractivity contribution >= 4 is 0 Å². The van der Waals surface area contributed by atoms with E-state index in [0.29, 0.717) is 6.61 Å². The van der Waals surface area contributed by atoms with Gasteiger partial charge in [0.05, 0.1) is 6.61 Å². The van der Waals surface area contributed by atoms with Gasteiger partial charge in [-0.15, -0.1) is 0 Å². The Bertz CT molecular complexity index is 221. The van der Waals surface area contributed by atoms with Gasteiger partial charge < -0.3 is 9.84 Å². The molecule has 0 aromatic heterocycles. The van der Waals surface area contributed by atoms with Crippen LogP contribution in [0.4, 0.5) is 0 Å². The second kappa shape index (κ2) is 3.98. The molecule has 0 atom stereocenters. The fraction of sp³-hybridized carbons (Fsp3) is 0.333. The Morgan fingerprint density at radius 3 is 3.09 bits per heavy atom. The predicted molar refractivity (Wildman–Crippen MR) is 42.6 cm³/mol. The SMILES string of the molecule is Cc1c[c]ccc1OCCO. The average molecular weight is 151 g/mol. The van der Waals surface area contributed by atoms with Crippen LogP contribution < -0.4 is 4.74 Å². The molecule has 1 N–H and O–H groups in total. The Kier molecular flexibility index (Phi) is 2.93. The number of rotatable bonds is 3. The highest BCUT2D eigenvalue weighted by Gasteiger charge is 1.95. The summed E-state index contributed by atoms with van der Waals surface area (Å²) in [5, 5.41) is 8.49. The van der Waals surface area contributed by atoms with Crippen LogP contribution >= 0.6 is 0 Å². The van der Waals surface area contributed by atoms with Gasteiger partial charge in [-0.25, -0.2) is 0 Å². The molecule has 0 amide bonds. The van der Waals surface area contributed by atoms with Gasteiger partial charge in [-0.2, -0.15) is 0 Å². The van der Waals surface area contributed by atoms with E-state index in [-0.39, 0.29) is 6.61 Å². The van der Waals surface area contributed by atoms with E-state index in [0.717, 1.165) is 11.3 Å². The van der Waals surface area contributed by atoms with Crippen molar-refractivity contribution in [1.82, 2.24) is 0 Å². The van der Waals surface area contributed by atoms with E-state index in [9.17, 15) is 0 Å². The van der Waals surface area contributed by atoms with Crippen molar-refractivity contribution in [3.63, 3.8) is 0 Å². The first-order chi connectivity index (χ1) is 5.34. The van der Waals surface area contributed by atoms with Gasteiger partial charge >= 0.3 is 0 Å². The van der Waals surface area contributed by atoms with E-state index >= 15 is 0 Å². The van der Waals surface area contributed by atoms with Gasteiger partial charge in [-0.1, -0.05) is 6.07 Å². The number of ether oxygens (including phenoxy) is 1. The third-order valence-electron chi connectivity index (χ3n) is 1.37. The van der Waals surface area contributed by atoms with Crippen molar-refractivity contribution in [3.05, 3.63) is 29.8 Å². The first kappa shape index (κ1) is 8.08. The highest BCUT2D eigenvalue weighted by atomic mass is 16.5. The standard InChI is InChI=1S/C9H11O2/c1-8-4-2-3-5-9(8)11-7-6-10/h3-5,10H,6-7H2,1H3. The Labute approximate surface area is 66.4 Å². The topological polar surface area (TPSA) is 29.5 Å². The first-order valence-electron chi connectivity index (χ1n) is 3.55. The Morgan fingerprint density at radius 2 is 2.45 bits per heavy atom. The van der Waals surface area contributed by atoms with Gasteiger partial charge in [0.15, 0.2) is 0 Å². The van der Waals surface area contributed by atoms with Crippen molar-refractivity contribution in [3.8, 4) is 5.75 Å². The third-order valence-corrected chi connectivity index (χ3v) is 1.37. The molecule has 59 valence electrons. The molecule has 0 aliphatic rings. The van der Waals surface area contributed by atoms with Crippen LogP contribution in [0.3, 0.4) is 0 Å². The lowest BCUT2D eigenvalue weighted by Crippen LogP contribution is -2.02. The van der Waals surface area contributed by atoms with Crippen LogP contribution in [0.2, 0.25) is 0 Å². The molecule has 0 aliphatic heterocycles. The number of hydrogen-bond acceptors (Lipinski definition) is 2. The average Bonchev–Trinajstić information content (AvgIpc) is 2.03. The van der Waals surface area contributed by atoms with Crippen LogP contribution in [0.1, 0.15) is 5.56 Å². The summed E-state index contributed by atoms with van der Waals surface area (Å²) in [6, 6.07) is 8.42. The molecule has 1 radical (unpaired) electrons. The lowest BCUT2D eigenvalue weighted by Gasteiger charge is -2.05. The van der Waals surface area contributed by atoms with E-state index in [4.69, 9.17) is 9.84 Å². The summed E-state index contributed by atoms with van der Waals surface area (Å²) in [6.07, 6.45) is 0. The van der Waals surface area contributed by atoms with Crippen LogP contribution in [0.25, 0.3) is 0 Å². The van der Waals surface area contributed by atoms with Crippen LogP contribution in [0, 0.1) is 13.0 Å². The molecule has 2 heteroatoms. The minimum atomic E-state index is 0.0536. The summed E-state index contributed by atoms with van der Waals surface area (Å²) in [4.78, 5) is 0. The zero-order chi connectivity index (χ0) is 8.10. The van der Waals surface area contributed by atoms with Crippen LogP contribution in [0.15, 0.2) is 18.2 Å². The third kappa shape index (κ3) is 2.24. The first-order valence-corrected chi connectivity index (χ1v) is 3.55. The Morgan fingerprint density at radius 1 is 1.64 bits per heavy atom. The van der Waals surface area contributed by atoms with E-state index < -0.39 is 0 Å². The van der Waals surface area contributed by atoms with Crippen molar-refractivity contribution < 1.29 is 9.84 Å². The zero-order valence-corrected chi connectivity index (χ0v) is 6.50.